The molecule has 2 fully saturated rings. The maximum Gasteiger partial charge on any atom is 0.246 e. The molecule has 1 saturated carbocycles. The molecule has 0 aromatic rings. The number of hydrogen-bond acceptors (Lipinski definition) is 2. The van der Waals surface area contributed by atoms with E-state index in [4.69, 9.17) is 0 Å². The Morgan fingerprint density at radius 1 is 1.42 bits per heavy atom. The highest BCUT2D eigenvalue weighted by molar-refractivity contribution is 6.00. The minimum absolute atomic E-state index is 0.0377. The van der Waals surface area contributed by atoms with Crippen molar-refractivity contribution in [1.29, 1.82) is 0 Å². The number of rotatable bonds is 6. The number of piperazine rings is 1. The summed E-state index contributed by atoms with van der Waals surface area (Å²) in [5.74, 6) is 0.134. The molecule has 108 valence electrons. The van der Waals surface area contributed by atoms with E-state index in [0.717, 1.165) is 19.3 Å². The highest BCUT2D eigenvalue weighted by atomic mass is 19.1. The molecule has 1 aliphatic carbocycles. The van der Waals surface area contributed by atoms with Crippen molar-refractivity contribution in [1.82, 2.24) is 10.2 Å². The molecule has 19 heavy (non-hydrogen) atoms. The van der Waals surface area contributed by atoms with Crippen LogP contribution in [0.4, 0.5) is 4.39 Å². The van der Waals surface area contributed by atoms with E-state index >= 15 is 0 Å². The summed E-state index contributed by atoms with van der Waals surface area (Å²) in [5, 5.41) is 2.86. The Morgan fingerprint density at radius 3 is 2.63 bits per heavy atom. The average molecular weight is 270 g/mol. The normalized spacial score (nSPS) is 31.5. The third-order valence-corrected chi connectivity index (χ3v) is 4.35. The van der Waals surface area contributed by atoms with Crippen LogP contribution in [0.25, 0.3) is 0 Å². The zero-order valence-corrected chi connectivity index (χ0v) is 11.7. The monoisotopic (exact) mass is 270 g/mol. The van der Waals surface area contributed by atoms with Gasteiger partial charge in [0.2, 0.25) is 11.8 Å². The van der Waals surface area contributed by atoms with Gasteiger partial charge in [0.05, 0.1) is 6.67 Å². The van der Waals surface area contributed by atoms with Gasteiger partial charge in [0.15, 0.2) is 0 Å². The van der Waals surface area contributed by atoms with E-state index in [-0.39, 0.29) is 17.7 Å². The Balaban J connectivity index is 2.22. The highest BCUT2D eigenvalue weighted by Gasteiger charge is 2.56. The summed E-state index contributed by atoms with van der Waals surface area (Å²) in [4.78, 5) is 26.5. The van der Waals surface area contributed by atoms with E-state index in [2.05, 4.69) is 5.32 Å². The molecule has 0 aromatic carbocycles. The third kappa shape index (κ3) is 2.47. The van der Waals surface area contributed by atoms with E-state index in [9.17, 15) is 14.0 Å². The average Bonchev–Trinajstić information content (AvgIpc) is 3.20. The van der Waals surface area contributed by atoms with Crippen LogP contribution < -0.4 is 5.32 Å². The molecule has 2 rings (SSSR count). The number of carbonyl (C=O) groups excluding carboxylic acids is 2. The largest absolute Gasteiger partial charge is 0.342 e. The van der Waals surface area contributed by atoms with Crippen LogP contribution in [0, 0.1) is 5.92 Å². The maximum atomic E-state index is 12.5. The van der Waals surface area contributed by atoms with Gasteiger partial charge in [0.25, 0.3) is 0 Å². The summed E-state index contributed by atoms with van der Waals surface area (Å²) >= 11 is 0. The first kappa shape index (κ1) is 14.3. The minimum Gasteiger partial charge on any atom is -0.342 e. The van der Waals surface area contributed by atoms with Crippen LogP contribution >= 0.6 is 0 Å². The molecule has 0 radical (unpaired) electrons. The first-order valence-electron chi connectivity index (χ1n) is 7.24. The van der Waals surface area contributed by atoms with E-state index in [1.807, 2.05) is 13.8 Å². The van der Waals surface area contributed by atoms with Crippen molar-refractivity contribution in [3.63, 3.8) is 0 Å². The molecular weight excluding hydrogens is 247 g/mol. The lowest BCUT2D eigenvalue weighted by atomic mass is 9.87. The first-order chi connectivity index (χ1) is 9.05. The minimum atomic E-state index is -0.767. The van der Waals surface area contributed by atoms with Crippen LogP contribution in [0.2, 0.25) is 0 Å². The lowest BCUT2D eigenvalue weighted by Crippen LogP contribution is -2.70. The number of amides is 2. The second-order valence-corrected chi connectivity index (χ2v) is 5.77. The third-order valence-electron chi connectivity index (χ3n) is 4.35. The molecule has 0 spiro atoms. The van der Waals surface area contributed by atoms with Gasteiger partial charge in [-0.25, -0.2) is 0 Å². The number of carbonyl (C=O) groups is 2. The molecule has 1 N–H and O–H groups in total. The molecule has 1 saturated heterocycles. The fourth-order valence-corrected chi connectivity index (χ4v) is 3.00. The Kier molecular flexibility index (Phi) is 4.11. The Bertz CT molecular complexity index is 370. The van der Waals surface area contributed by atoms with Gasteiger partial charge in [-0.2, -0.15) is 0 Å². The van der Waals surface area contributed by atoms with Gasteiger partial charge < -0.3 is 10.2 Å². The van der Waals surface area contributed by atoms with E-state index in [1.54, 1.807) is 4.90 Å². The lowest BCUT2D eigenvalue weighted by molar-refractivity contribution is -0.158. The second kappa shape index (κ2) is 5.47. The van der Waals surface area contributed by atoms with Crippen molar-refractivity contribution in [2.45, 2.75) is 57.5 Å². The van der Waals surface area contributed by atoms with E-state index < -0.39 is 18.3 Å². The lowest BCUT2D eigenvalue weighted by Gasteiger charge is -2.46. The van der Waals surface area contributed by atoms with Crippen molar-refractivity contribution < 1.29 is 14.0 Å². The standard InChI is InChI=1S/C14H23FN2O2/c1-3-5-11-12(18)17(9-4-8-15)14(2,10-6-7-10)13(19)16-11/h10-11H,3-9H2,1-2H3,(H,16,19). The maximum absolute atomic E-state index is 12.5. The number of alkyl halides is 1. The number of nitrogens with zero attached hydrogens (tertiary/aromatic N) is 1. The van der Waals surface area contributed by atoms with Crippen molar-refractivity contribution >= 4 is 11.8 Å². The first-order valence-corrected chi connectivity index (χ1v) is 7.24. The molecule has 2 amide bonds. The molecule has 1 aliphatic heterocycles. The molecule has 2 unspecified atom stereocenters. The van der Waals surface area contributed by atoms with Gasteiger partial charge in [0, 0.05) is 6.54 Å². The van der Waals surface area contributed by atoms with Gasteiger partial charge >= 0.3 is 0 Å². The van der Waals surface area contributed by atoms with Crippen molar-refractivity contribution in [3.8, 4) is 0 Å². The van der Waals surface area contributed by atoms with Crippen LogP contribution in [-0.2, 0) is 9.59 Å². The van der Waals surface area contributed by atoms with Gasteiger partial charge in [-0.3, -0.25) is 14.0 Å². The number of hydrogen-bond donors (Lipinski definition) is 1. The SMILES string of the molecule is CCCC1NC(=O)C(C)(C2CC2)N(CCCF)C1=O. The predicted molar refractivity (Wildman–Crippen MR) is 70.3 cm³/mol. The molecule has 0 aromatic heterocycles. The predicted octanol–water partition coefficient (Wildman–Crippen LogP) is 1.64. The molecule has 5 heteroatoms. The van der Waals surface area contributed by atoms with Crippen molar-refractivity contribution in [3.05, 3.63) is 0 Å². The van der Waals surface area contributed by atoms with Gasteiger partial charge in [-0.05, 0) is 38.5 Å². The molecule has 2 aliphatic rings. The summed E-state index contributed by atoms with van der Waals surface area (Å²) in [7, 11) is 0. The highest BCUT2D eigenvalue weighted by Crippen LogP contribution is 2.45. The second-order valence-electron chi connectivity index (χ2n) is 5.77. The van der Waals surface area contributed by atoms with E-state index in [1.165, 1.54) is 0 Å². The van der Waals surface area contributed by atoms with Crippen molar-refractivity contribution in [2.24, 2.45) is 5.92 Å². The van der Waals surface area contributed by atoms with Gasteiger partial charge in [0.1, 0.15) is 11.6 Å². The molecule has 0 bridgehead atoms. The Hall–Kier alpha value is -1.13. The van der Waals surface area contributed by atoms with Crippen LogP contribution in [0.15, 0.2) is 0 Å². The molecule has 2 atom stereocenters. The Labute approximate surface area is 113 Å². The fraction of sp³-hybridized carbons (Fsp3) is 0.857. The van der Waals surface area contributed by atoms with Gasteiger partial charge in [-0.1, -0.05) is 13.3 Å². The van der Waals surface area contributed by atoms with Crippen molar-refractivity contribution in [2.75, 3.05) is 13.2 Å². The quantitative estimate of drug-likeness (QED) is 0.797. The summed E-state index contributed by atoms with van der Waals surface area (Å²) in [6, 6.07) is -0.427. The summed E-state index contributed by atoms with van der Waals surface area (Å²) < 4.78 is 12.4. The molecule has 4 nitrogen and oxygen atoms in total. The number of nitrogens with one attached hydrogen (secondary N) is 1. The topological polar surface area (TPSA) is 49.4 Å². The Morgan fingerprint density at radius 2 is 2.11 bits per heavy atom. The summed E-state index contributed by atoms with van der Waals surface area (Å²) in [6.45, 7) is 3.71. The smallest absolute Gasteiger partial charge is 0.246 e. The van der Waals surface area contributed by atoms with Crippen LogP contribution in [0.3, 0.4) is 0 Å². The molecule has 1 heterocycles. The van der Waals surface area contributed by atoms with Crippen LogP contribution in [0.1, 0.15) is 46.0 Å². The fourth-order valence-electron chi connectivity index (χ4n) is 3.00. The van der Waals surface area contributed by atoms with Gasteiger partial charge in [-0.15, -0.1) is 0 Å². The molecular formula is C14H23FN2O2. The summed E-state index contributed by atoms with van der Waals surface area (Å²) in [6.07, 6.45) is 3.74. The van der Waals surface area contributed by atoms with Crippen LogP contribution in [0.5, 0.6) is 0 Å². The summed E-state index contributed by atoms with van der Waals surface area (Å²) in [5.41, 5.74) is -0.767. The van der Waals surface area contributed by atoms with E-state index in [0.29, 0.717) is 19.4 Å². The zero-order valence-electron chi connectivity index (χ0n) is 11.7. The number of halogens is 1. The van der Waals surface area contributed by atoms with Crippen LogP contribution in [-0.4, -0.2) is 41.5 Å². The zero-order chi connectivity index (χ0) is 14.0.